The van der Waals surface area contributed by atoms with E-state index < -0.39 is 0 Å². The van der Waals surface area contributed by atoms with Crippen molar-refractivity contribution in [2.24, 2.45) is 0 Å². The van der Waals surface area contributed by atoms with Crippen LogP contribution >= 0.6 is 0 Å². The van der Waals surface area contributed by atoms with E-state index in [0.29, 0.717) is 11.6 Å². The van der Waals surface area contributed by atoms with Crippen LogP contribution in [-0.2, 0) is 0 Å². The molecule has 2 heteroatoms. The lowest BCUT2D eigenvalue weighted by Gasteiger charge is -2.48. The molecule has 1 N–H and O–H groups in total. The average Bonchev–Trinajstić information content (AvgIpc) is 2.28. The Morgan fingerprint density at radius 1 is 1.20 bits per heavy atom. The average molecular weight is 212 g/mol. The summed E-state index contributed by atoms with van der Waals surface area (Å²) in [6.45, 7) is 14.0. The van der Waals surface area contributed by atoms with Crippen LogP contribution in [0.2, 0.25) is 0 Å². The molecule has 1 aliphatic heterocycles. The van der Waals surface area contributed by atoms with Crippen molar-refractivity contribution >= 4 is 0 Å². The van der Waals surface area contributed by atoms with Gasteiger partial charge in [-0.25, -0.2) is 0 Å². The maximum absolute atomic E-state index is 3.65. The first kappa shape index (κ1) is 13.0. The second-order valence-corrected chi connectivity index (χ2v) is 5.39. The van der Waals surface area contributed by atoms with Crippen LogP contribution in [0.25, 0.3) is 0 Å². The van der Waals surface area contributed by atoms with Gasteiger partial charge >= 0.3 is 0 Å². The summed E-state index contributed by atoms with van der Waals surface area (Å²) in [7, 11) is 0. The van der Waals surface area contributed by atoms with Gasteiger partial charge in [-0.1, -0.05) is 20.8 Å². The molecule has 15 heavy (non-hydrogen) atoms. The molecule has 0 spiro atoms. The highest BCUT2D eigenvalue weighted by molar-refractivity contribution is 4.92. The number of hydrogen-bond donors (Lipinski definition) is 1. The lowest BCUT2D eigenvalue weighted by atomic mass is 9.92. The predicted octanol–water partition coefficient (Wildman–Crippen LogP) is 2.64. The molecule has 0 aromatic heterocycles. The molecule has 1 fully saturated rings. The first-order chi connectivity index (χ1) is 7.05. The Morgan fingerprint density at radius 2 is 1.87 bits per heavy atom. The van der Waals surface area contributed by atoms with E-state index in [1.54, 1.807) is 0 Å². The van der Waals surface area contributed by atoms with E-state index in [2.05, 4.69) is 44.8 Å². The second-order valence-electron chi connectivity index (χ2n) is 5.39. The second kappa shape index (κ2) is 5.31. The van der Waals surface area contributed by atoms with Gasteiger partial charge in [0, 0.05) is 30.7 Å². The van der Waals surface area contributed by atoms with Gasteiger partial charge in [-0.2, -0.15) is 0 Å². The fourth-order valence-electron chi connectivity index (χ4n) is 2.45. The lowest BCUT2D eigenvalue weighted by Crippen LogP contribution is -2.62. The zero-order valence-corrected chi connectivity index (χ0v) is 11.1. The van der Waals surface area contributed by atoms with Crippen LogP contribution in [0.3, 0.4) is 0 Å². The Bertz CT molecular complexity index is 189. The van der Waals surface area contributed by atoms with Crippen LogP contribution in [0.15, 0.2) is 0 Å². The van der Waals surface area contributed by atoms with Gasteiger partial charge in [0.05, 0.1) is 0 Å². The van der Waals surface area contributed by atoms with Crippen LogP contribution in [-0.4, -0.2) is 35.6 Å². The number of rotatable bonds is 4. The number of hydrogen-bond acceptors (Lipinski definition) is 2. The van der Waals surface area contributed by atoms with Crippen molar-refractivity contribution < 1.29 is 0 Å². The van der Waals surface area contributed by atoms with Crippen molar-refractivity contribution in [3.05, 3.63) is 0 Å². The molecule has 0 bridgehead atoms. The van der Waals surface area contributed by atoms with E-state index in [9.17, 15) is 0 Å². The molecule has 2 nitrogen and oxygen atoms in total. The molecule has 0 amide bonds. The largest absolute Gasteiger partial charge is 0.311 e. The monoisotopic (exact) mass is 212 g/mol. The summed E-state index contributed by atoms with van der Waals surface area (Å²) < 4.78 is 0. The summed E-state index contributed by atoms with van der Waals surface area (Å²) in [4.78, 5) is 2.72. The van der Waals surface area contributed by atoms with Crippen molar-refractivity contribution in [1.82, 2.24) is 10.2 Å². The van der Waals surface area contributed by atoms with Crippen LogP contribution in [0, 0.1) is 0 Å². The van der Waals surface area contributed by atoms with Gasteiger partial charge in [0.25, 0.3) is 0 Å². The smallest absolute Gasteiger partial charge is 0.0224 e. The number of nitrogens with zero attached hydrogens (tertiary/aromatic N) is 1. The standard InChI is InChI=1S/C13H28N2/c1-6-11-10-15(13(4,5)8-3)12(7-2)9-14-11/h11-12,14H,6-10H2,1-5H3. The van der Waals surface area contributed by atoms with E-state index in [-0.39, 0.29) is 0 Å². The highest BCUT2D eigenvalue weighted by atomic mass is 15.3. The van der Waals surface area contributed by atoms with Gasteiger partial charge in [0.1, 0.15) is 0 Å². The third-order valence-electron chi connectivity index (χ3n) is 4.11. The molecule has 1 aliphatic rings. The Hall–Kier alpha value is -0.0800. The van der Waals surface area contributed by atoms with Gasteiger partial charge < -0.3 is 5.32 Å². The SMILES string of the molecule is CCC1CN(C(C)(C)CC)C(CC)CN1. The fraction of sp³-hybridized carbons (Fsp3) is 1.00. The highest BCUT2D eigenvalue weighted by Gasteiger charge is 2.34. The zero-order valence-electron chi connectivity index (χ0n) is 11.1. The minimum Gasteiger partial charge on any atom is -0.311 e. The predicted molar refractivity (Wildman–Crippen MR) is 67.2 cm³/mol. The van der Waals surface area contributed by atoms with Crippen molar-refractivity contribution in [3.8, 4) is 0 Å². The third kappa shape index (κ3) is 2.94. The lowest BCUT2D eigenvalue weighted by molar-refractivity contribution is 0.0257. The zero-order chi connectivity index (χ0) is 11.5. The Balaban J connectivity index is 2.71. The summed E-state index contributed by atoms with van der Waals surface area (Å²) in [6.07, 6.45) is 3.74. The maximum atomic E-state index is 3.65. The van der Waals surface area contributed by atoms with Crippen LogP contribution in [0.5, 0.6) is 0 Å². The molecule has 0 radical (unpaired) electrons. The van der Waals surface area contributed by atoms with Crippen LogP contribution in [0.1, 0.15) is 53.9 Å². The third-order valence-corrected chi connectivity index (χ3v) is 4.11. The Labute approximate surface area is 95.4 Å². The van der Waals surface area contributed by atoms with Gasteiger partial charge in [-0.05, 0) is 33.1 Å². The molecule has 0 aromatic carbocycles. The van der Waals surface area contributed by atoms with E-state index in [0.717, 1.165) is 6.04 Å². The van der Waals surface area contributed by atoms with E-state index in [1.807, 2.05) is 0 Å². The quantitative estimate of drug-likeness (QED) is 0.770. The Morgan fingerprint density at radius 3 is 2.33 bits per heavy atom. The van der Waals surface area contributed by atoms with E-state index in [1.165, 1.54) is 32.4 Å². The van der Waals surface area contributed by atoms with Gasteiger partial charge in [0.2, 0.25) is 0 Å². The summed E-state index contributed by atoms with van der Waals surface area (Å²) in [5, 5.41) is 3.65. The van der Waals surface area contributed by atoms with Gasteiger partial charge in [-0.15, -0.1) is 0 Å². The molecule has 1 saturated heterocycles. The highest BCUT2D eigenvalue weighted by Crippen LogP contribution is 2.25. The van der Waals surface area contributed by atoms with Gasteiger partial charge in [0.15, 0.2) is 0 Å². The van der Waals surface area contributed by atoms with E-state index >= 15 is 0 Å². The maximum Gasteiger partial charge on any atom is 0.0224 e. The van der Waals surface area contributed by atoms with Crippen molar-refractivity contribution in [2.45, 2.75) is 71.5 Å². The summed E-state index contributed by atoms with van der Waals surface area (Å²) in [5.41, 5.74) is 0.357. The molecule has 1 rings (SSSR count). The van der Waals surface area contributed by atoms with Crippen molar-refractivity contribution in [1.29, 1.82) is 0 Å². The summed E-state index contributed by atoms with van der Waals surface area (Å²) >= 11 is 0. The first-order valence-corrected chi connectivity index (χ1v) is 6.55. The minimum absolute atomic E-state index is 0.357. The minimum atomic E-state index is 0.357. The normalized spacial score (nSPS) is 29.4. The Kier molecular flexibility index (Phi) is 4.60. The van der Waals surface area contributed by atoms with E-state index in [4.69, 9.17) is 0 Å². The summed E-state index contributed by atoms with van der Waals surface area (Å²) in [6, 6.07) is 1.42. The number of nitrogens with one attached hydrogen (secondary N) is 1. The number of piperazine rings is 1. The van der Waals surface area contributed by atoms with Crippen LogP contribution < -0.4 is 5.32 Å². The fourth-order valence-corrected chi connectivity index (χ4v) is 2.45. The molecule has 2 unspecified atom stereocenters. The molecule has 2 atom stereocenters. The molecule has 1 heterocycles. The molecular weight excluding hydrogens is 184 g/mol. The van der Waals surface area contributed by atoms with Crippen LogP contribution in [0.4, 0.5) is 0 Å². The summed E-state index contributed by atoms with van der Waals surface area (Å²) in [5.74, 6) is 0. The van der Waals surface area contributed by atoms with Gasteiger partial charge in [-0.3, -0.25) is 4.90 Å². The van der Waals surface area contributed by atoms with Crippen molar-refractivity contribution in [3.63, 3.8) is 0 Å². The molecule has 0 aromatic rings. The molecule has 90 valence electrons. The van der Waals surface area contributed by atoms with Crippen molar-refractivity contribution in [2.75, 3.05) is 13.1 Å². The molecule has 0 aliphatic carbocycles. The first-order valence-electron chi connectivity index (χ1n) is 6.55. The molecule has 0 saturated carbocycles. The molecular formula is C13H28N2. The topological polar surface area (TPSA) is 15.3 Å².